The first-order valence-electron chi connectivity index (χ1n) is 15.5. The van der Waals surface area contributed by atoms with Crippen molar-refractivity contribution >= 4 is 58.3 Å². The van der Waals surface area contributed by atoms with Gasteiger partial charge in [0.05, 0.1) is 28.2 Å². The summed E-state index contributed by atoms with van der Waals surface area (Å²) >= 11 is 14.2. The maximum atomic E-state index is 14.5. The molecule has 1 aromatic heterocycles. The van der Waals surface area contributed by atoms with E-state index in [9.17, 15) is 19.5 Å². The van der Waals surface area contributed by atoms with E-state index in [0.29, 0.717) is 55.0 Å². The van der Waals surface area contributed by atoms with E-state index < -0.39 is 18.1 Å². The number of hydrogen-bond acceptors (Lipinski definition) is 6. The number of halogens is 2. The minimum atomic E-state index is -1.04. The van der Waals surface area contributed by atoms with Crippen LogP contribution in [0.3, 0.4) is 0 Å². The van der Waals surface area contributed by atoms with Gasteiger partial charge in [0.25, 0.3) is 0 Å². The maximum Gasteiger partial charge on any atom is 0.407 e. The number of likely N-dealkylation sites (tertiary alicyclic amines) is 2. The minimum absolute atomic E-state index is 0.0339. The number of nitrogens with zero attached hydrogens (tertiary/aromatic N) is 5. The number of carbonyl (C=O) groups excluding carboxylic acids is 2. The zero-order valence-electron chi connectivity index (χ0n) is 25.0. The van der Waals surface area contributed by atoms with E-state index in [-0.39, 0.29) is 24.5 Å². The fourth-order valence-corrected chi connectivity index (χ4v) is 8.49. The van der Waals surface area contributed by atoms with Crippen LogP contribution in [0, 0.1) is 5.92 Å². The highest BCUT2D eigenvalue weighted by atomic mass is 35.5. The molecule has 3 atom stereocenters. The number of piperazine rings is 1. The van der Waals surface area contributed by atoms with E-state index in [1.54, 1.807) is 23.5 Å². The lowest BCUT2D eigenvalue weighted by molar-refractivity contribution is -0.140. The van der Waals surface area contributed by atoms with Crippen molar-refractivity contribution in [1.29, 1.82) is 0 Å². The Balaban J connectivity index is 1.24. The average molecular weight is 664 g/mol. The molecular weight excluding hydrogens is 623 g/mol. The monoisotopic (exact) mass is 662 g/mol. The molecule has 10 nitrogen and oxygen atoms in total. The van der Waals surface area contributed by atoms with E-state index in [0.717, 1.165) is 55.1 Å². The van der Waals surface area contributed by atoms with E-state index in [1.807, 2.05) is 27.3 Å². The molecule has 238 valence electrons. The summed E-state index contributed by atoms with van der Waals surface area (Å²) in [6.07, 6.45) is 2.00. The highest BCUT2D eigenvalue weighted by Gasteiger charge is 2.44. The second-order valence-corrected chi connectivity index (χ2v) is 14.3. The van der Waals surface area contributed by atoms with Gasteiger partial charge in [0.2, 0.25) is 5.91 Å². The normalized spacial score (nSPS) is 24.6. The number of rotatable bonds is 6. The standard InChI is InChI=1S/C31H40Cl2N6O4S/c1-35-11-13-36(14-12-35)21-4-8-37(9-5-21)29(40)23(16-20-2-3-24(32)25(33)17-20)27-18-22(6-10-38(27)31(42)43)39-19-28-26(7-15-44-28)34-30(39)41/h2-3,7,15,17,21-23,27H,4-6,8-14,16,18-19H2,1H3,(H,34,41)(H,42,43)/t22?,23?,27-/m1/s1. The van der Waals surface area contributed by atoms with Crippen LogP contribution >= 0.6 is 34.5 Å². The van der Waals surface area contributed by atoms with Crippen molar-refractivity contribution in [2.45, 2.75) is 56.8 Å². The fraction of sp³-hybridized carbons (Fsp3) is 0.581. The maximum absolute atomic E-state index is 14.5. The van der Waals surface area contributed by atoms with Gasteiger partial charge in [-0.1, -0.05) is 29.3 Å². The van der Waals surface area contributed by atoms with E-state index in [2.05, 4.69) is 22.2 Å². The second kappa shape index (κ2) is 13.4. The number of urea groups is 1. The molecule has 4 aliphatic heterocycles. The summed E-state index contributed by atoms with van der Waals surface area (Å²) in [5, 5.41) is 16.1. The Bertz CT molecular complexity index is 1380. The van der Waals surface area contributed by atoms with Crippen molar-refractivity contribution in [1.82, 2.24) is 24.5 Å². The van der Waals surface area contributed by atoms with Crippen molar-refractivity contribution in [2.75, 3.05) is 58.2 Å². The Hall–Kier alpha value is -2.57. The Morgan fingerprint density at radius 2 is 1.73 bits per heavy atom. The molecule has 1 aromatic carbocycles. The predicted octanol–water partition coefficient (Wildman–Crippen LogP) is 5.01. The third kappa shape index (κ3) is 6.67. The van der Waals surface area contributed by atoms with Gasteiger partial charge in [0, 0.05) is 68.8 Å². The van der Waals surface area contributed by atoms with Gasteiger partial charge in [0.1, 0.15) is 0 Å². The number of likely N-dealkylation sites (N-methyl/N-ethyl adjacent to an activating group) is 1. The molecule has 0 bridgehead atoms. The lowest BCUT2D eigenvalue weighted by atomic mass is 9.82. The van der Waals surface area contributed by atoms with Crippen LogP contribution in [0.5, 0.6) is 0 Å². The first kappa shape index (κ1) is 31.4. The largest absolute Gasteiger partial charge is 0.465 e. The number of amides is 4. The number of fused-ring (bicyclic) bond motifs is 1. The summed E-state index contributed by atoms with van der Waals surface area (Å²) in [6, 6.07) is 6.74. The van der Waals surface area contributed by atoms with Gasteiger partial charge in [-0.25, -0.2) is 9.59 Å². The number of hydrogen-bond donors (Lipinski definition) is 2. The van der Waals surface area contributed by atoms with Crippen LogP contribution in [-0.2, 0) is 17.8 Å². The molecule has 6 rings (SSSR count). The molecule has 0 saturated carbocycles. The first-order valence-corrected chi connectivity index (χ1v) is 17.1. The third-order valence-corrected chi connectivity index (χ3v) is 11.6. The van der Waals surface area contributed by atoms with Crippen LogP contribution < -0.4 is 5.32 Å². The van der Waals surface area contributed by atoms with Gasteiger partial charge < -0.3 is 30.0 Å². The lowest BCUT2D eigenvalue weighted by Gasteiger charge is -2.47. The Morgan fingerprint density at radius 1 is 1.00 bits per heavy atom. The van der Waals surface area contributed by atoms with Crippen molar-refractivity contribution in [3.8, 4) is 0 Å². The molecule has 2 N–H and O–H groups in total. The smallest absolute Gasteiger partial charge is 0.407 e. The van der Waals surface area contributed by atoms with Gasteiger partial charge in [0.15, 0.2) is 0 Å². The van der Waals surface area contributed by atoms with Crippen LogP contribution in [-0.4, -0.2) is 119 Å². The van der Waals surface area contributed by atoms with Gasteiger partial charge in [-0.2, -0.15) is 0 Å². The molecule has 13 heteroatoms. The molecule has 4 amide bonds. The van der Waals surface area contributed by atoms with E-state index in [4.69, 9.17) is 23.2 Å². The summed E-state index contributed by atoms with van der Waals surface area (Å²) in [7, 11) is 2.15. The molecule has 0 aliphatic carbocycles. The number of nitrogens with one attached hydrogen (secondary N) is 1. The minimum Gasteiger partial charge on any atom is -0.465 e. The molecular formula is C31H40Cl2N6O4S. The number of thiophene rings is 1. The first-order chi connectivity index (χ1) is 21.2. The SMILES string of the molecule is CN1CCN(C2CCN(C(=O)C(Cc3ccc(Cl)c(Cl)c3)[C@H]3CC(N4Cc5sccc5NC4=O)CCN3C(=O)O)CC2)CC1. The van der Waals surface area contributed by atoms with Crippen molar-refractivity contribution in [3.05, 3.63) is 50.1 Å². The average Bonchev–Trinajstić information content (AvgIpc) is 3.48. The predicted molar refractivity (Wildman–Crippen MR) is 173 cm³/mol. The zero-order valence-corrected chi connectivity index (χ0v) is 27.3. The number of carbonyl (C=O) groups is 3. The van der Waals surface area contributed by atoms with Crippen molar-refractivity contribution in [2.24, 2.45) is 5.92 Å². The van der Waals surface area contributed by atoms with Gasteiger partial charge >= 0.3 is 12.1 Å². The summed E-state index contributed by atoms with van der Waals surface area (Å²) in [5.74, 6) is -0.662. The van der Waals surface area contributed by atoms with Crippen LogP contribution in [0.15, 0.2) is 29.6 Å². The second-order valence-electron chi connectivity index (χ2n) is 12.5. The van der Waals surface area contributed by atoms with Crippen LogP contribution in [0.25, 0.3) is 0 Å². The van der Waals surface area contributed by atoms with Crippen LogP contribution in [0.4, 0.5) is 15.3 Å². The summed E-state index contributed by atoms with van der Waals surface area (Å²) < 4.78 is 0. The number of benzene rings is 1. The van der Waals surface area contributed by atoms with Crippen molar-refractivity contribution in [3.63, 3.8) is 0 Å². The van der Waals surface area contributed by atoms with Gasteiger partial charge in [-0.3, -0.25) is 9.69 Å². The molecule has 4 aliphatic rings. The van der Waals surface area contributed by atoms with Crippen LogP contribution in [0.1, 0.15) is 36.1 Å². The van der Waals surface area contributed by atoms with E-state index >= 15 is 0 Å². The molecule has 2 aromatic rings. The Labute approximate surface area is 272 Å². The number of piperidine rings is 2. The summed E-state index contributed by atoms with van der Waals surface area (Å²) in [6.45, 7) is 6.23. The molecule has 0 spiro atoms. The quantitative estimate of drug-likeness (QED) is 0.451. The summed E-state index contributed by atoms with van der Waals surface area (Å²) in [4.78, 5) is 51.4. The molecule has 3 fully saturated rings. The van der Waals surface area contributed by atoms with Crippen LogP contribution in [0.2, 0.25) is 10.0 Å². The topological polar surface area (TPSA) is 99.7 Å². The molecule has 5 heterocycles. The molecule has 2 unspecified atom stereocenters. The number of anilines is 1. The third-order valence-electron chi connectivity index (χ3n) is 9.92. The molecule has 44 heavy (non-hydrogen) atoms. The molecule has 0 radical (unpaired) electrons. The van der Waals surface area contributed by atoms with Gasteiger partial charge in [-0.05, 0) is 68.3 Å². The Morgan fingerprint density at radius 3 is 2.43 bits per heavy atom. The highest BCUT2D eigenvalue weighted by Crippen LogP contribution is 2.36. The summed E-state index contributed by atoms with van der Waals surface area (Å²) in [5.41, 5.74) is 1.67. The number of carboxylic acid groups (broad SMARTS) is 1. The Kier molecular flexibility index (Phi) is 9.58. The fourth-order valence-electron chi connectivity index (χ4n) is 7.34. The highest BCUT2D eigenvalue weighted by molar-refractivity contribution is 7.10. The zero-order chi connectivity index (χ0) is 31.0. The van der Waals surface area contributed by atoms with Crippen molar-refractivity contribution < 1.29 is 19.5 Å². The molecule has 3 saturated heterocycles. The van der Waals surface area contributed by atoms with E-state index in [1.165, 1.54) is 4.90 Å². The van der Waals surface area contributed by atoms with Gasteiger partial charge in [-0.15, -0.1) is 11.3 Å². The lowest BCUT2D eigenvalue weighted by Crippen LogP contribution is -2.59.